The van der Waals surface area contributed by atoms with Crippen molar-refractivity contribution in [1.82, 2.24) is 4.90 Å². The van der Waals surface area contributed by atoms with Crippen LogP contribution in [0, 0.1) is 0 Å². The molecule has 2 saturated heterocycles. The summed E-state index contributed by atoms with van der Waals surface area (Å²) in [6.07, 6.45) is 4.87. The van der Waals surface area contributed by atoms with Crippen LogP contribution in [0.25, 0.3) is 0 Å². The van der Waals surface area contributed by atoms with Crippen molar-refractivity contribution in [1.29, 1.82) is 0 Å². The van der Waals surface area contributed by atoms with Gasteiger partial charge in [0, 0.05) is 19.5 Å². The summed E-state index contributed by atoms with van der Waals surface area (Å²) in [6.45, 7) is 5.42. The van der Waals surface area contributed by atoms with Crippen LogP contribution in [0.15, 0.2) is 12.2 Å². The fourth-order valence-corrected chi connectivity index (χ4v) is 2.92. The number of hydrogen-bond donors (Lipinski definition) is 2. The summed E-state index contributed by atoms with van der Waals surface area (Å²) >= 11 is 0. The molecule has 2 aliphatic heterocycles. The van der Waals surface area contributed by atoms with Crippen molar-refractivity contribution in [3.05, 3.63) is 12.2 Å². The number of aliphatic hydroxyl groups excluding tert-OH is 2. The Balaban J connectivity index is 1.66. The van der Waals surface area contributed by atoms with Crippen LogP contribution >= 0.6 is 0 Å². The lowest BCUT2D eigenvalue weighted by Crippen LogP contribution is -2.48. The molecule has 2 rings (SSSR count). The topological polar surface area (TPSA) is 79.2 Å². The Labute approximate surface area is 138 Å². The molecule has 0 aromatic carbocycles. The molecule has 0 radical (unpaired) electrons. The highest BCUT2D eigenvalue weighted by molar-refractivity contribution is 5.87. The molecule has 2 heterocycles. The van der Waals surface area contributed by atoms with E-state index in [-0.39, 0.29) is 24.5 Å². The number of nitrogens with zero attached hydrogens (tertiary/aromatic N) is 1. The smallest absolute Gasteiger partial charge is 0.246 e. The molecule has 1 amide bonds. The first-order valence-corrected chi connectivity index (χ1v) is 8.60. The van der Waals surface area contributed by atoms with E-state index in [9.17, 15) is 15.0 Å². The molecule has 2 aliphatic rings. The average Bonchev–Trinajstić information content (AvgIpc) is 3.03. The lowest BCUT2D eigenvalue weighted by Gasteiger charge is -2.36. The predicted molar refractivity (Wildman–Crippen MR) is 85.7 cm³/mol. The third-order valence-corrected chi connectivity index (χ3v) is 4.47. The predicted octanol–water partition coefficient (Wildman–Crippen LogP) is 1.21. The number of ether oxygens (including phenoxy) is 2. The van der Waals surface area contributed by atoms with Gasteiger partial charge < -0.3 is 24.6 Å². The van der Waals surface area contributed by atoms with Crippen LogP contribution in [0.2, 0.25) is 0 Å². The van der Waals surface area contributed by atoms with Gasteiger partial charge in [0.05, 0.1) is 18.3 Å². The van der Waals surface area contributed by atoms with Crippen LogP contribution in [0.3, 0.4) is 0 Å². The maximum Gasteiger partial charge on any atom is 0.246 e. The molecule has 2 unspecified atom stereocenters. The van der Waals surface area contributed by atoms with Crippen LogP contribution in [0.1, 0.15) is 46.0 Å². The second-order valence-corrected chi connectivity index (χ2v) is 6.54. The number of carbonyl (C=O) groups is 1. The molecule has 0 bridgehead atoms. The van der Waals surface area contributed by atoms with Gasteiger partial charge in [-0.1, -0.05) is 6.08 Å². The standard InChI is InChI=1S/C17H29NO5/c1-12(22-17-15(20)11-14(19)13(2)23-17)7-3-4-8-16(21)18-9-5-6-10-18/h4,8,12-15,17,19-20H,3,5-7,9-11H2,1-2H3/b8-4+/t12-,13+,14?,15-,17?/m1/s1. The Morgan fingerprint density at radius 1 is 1.35 bits per heavy atom. The molecule has 0 spiro atoms. The highest BCUT2D eigenvalue weighted by Crippen LogP contribution is 2.22. The van der Waals surface area contributed by atoms with Gasteiger partial charge in [-0.05, 0) is 45.6 Å². The summed E-state index contributed by atoms with van der Waals surface area (Å²) < 4.78 is 11.2. The molecule has 23 heavy (non-hydrogen) atoms. The van der Waals surface area contributed by atoms with Crippen molar-refractivity contribution in [2.24, 2.45) is 0 Å². The molecule has 132 valence electrons. The normalized spacial score (nSPS) is 33.3. The van der Waals surface area contributed by atoms with E-state index in [1.807, 2.05) is 17.9 Å². The van der Waals surface area contributed by atoms with E-state index < -0.39 is 18.5 Å². The molecule has 5 atom stereocenters. The van der Waals surface area contributed by atoms with E-state index >= 15 is 0 Å². The first kappa shape index (κ1) is 18.4. The fourth-order valence-electron chi connectivity index (χ4n) is 2.92. The van der Waals surface area contributed by atoms with Crippen LogP contribution in [-0.2, 0) is 14.3 Å². The van der Waals surface area contributed by atoms with E-state index in [2.05, 4.69) is 0 Å². The van der Waals surface area contributed by atoms with Crippen LogP contribution in [0.5, 0.6) is 0 Å². The van der Waals surface area contributed by atoms with Crippen molar-refractivity contribution in [2.45, 2.75) is 76.7 Å². The second kappa shape index (κ2) is 8.78. The van der Waals surface area contributed by atoms with Crippen LogP contribution in [0.4, 0.5) is 0 Å². The Bertz CT molecular complexity index is 408. The summed E-state index contributed by atoms with van der Waals surface area (Å²) in [5.74, 6) is 0.0879. The zero-order valence-corrected chi connectivity index (χ0v) is 14.1. The molecular weight excluding hydrogens is 298 g/mol. The number of aliphatic hydroxyl groups is 2. The highest BCUT2D eigenvalue weighted by atomic mass is 16.7. The van der Waals surface area contributed by atoms with Crippen molar-refractivity contribution < 1.29 is 24.5 Å². The van der Waals surface area contributed by atoms with Gasteiger partial charge in [0.1, 0.15) is 6.10 Å². The minimum absolute atomic E-state index is 0.0879. The van der Waals surface area contributed by atoms with Gasteiger partial charge >= 0.3 is 0 Å². The summed E-state index contributed by atoms with van der Waals surface area (Å²) in [4.78, 5) is 13.7. The van der Waals surface area contributed by atoms with E-state index in [1.54, 1.807) is 13.0 Å². The van der Waals surface area contributed by atoms with Crippen molar-refractivity contribution in [2.75, 3.05) is 13.1 Å². The summed E-state index contributed by atoms with van der Waals surface area (Å²) in [6, 6.07) is 0. The van der Waals surface area contributed by atoms with Crippen LogP contribution in [-0.4, -0.2) is 64.8 Å². The molecule has 2 N–H and O–H groups in total. The van der Waals surface area contributed by atoms with Gasteiger partial charge in [-0.2, -0.15) is 0 Å². The first-order chi connectivity index (χ1) is 11.0. The Morgan fingerprint density at radius 3 is 2.74 bits per heavy atom. The monoisotopic (exact) mass is 327 g/mol. The molecule has 6 heteroatoms. The summed E-state index contributed by atoms with van der Waals surface area (Å²) in [7, 11) is 0. The van der Waals surface area contributed by atoms with Gasteiger partial charge in [-0.15, -0.1) is 0 Å². The van der Waals surface area contributed by atoms with Gasteiger partial charge in [0.25, 0.3) is 0 Å². The van der Waals surface area contributed by atoms with Crippen molar-refractivity contribution in [3.63, 3.8) is 0 Å². The van der Waals surface area contributed by atoms with Crippen molar-refractivity contribution >= 4 is 5.91 Å². The zero-order chi connectivity index (χ0) is 16.8. The highest BCUT2D eigenvalue weighted by Gasteiger charge is 2.35. The van der Waals surface area contributed by atoms with Crippen molar-refractivity contribution in [3.8, 4) is 0 Å². The summed E-state index contributed by atoms with van der Waals surface area (Å²) in [5, 5.41) is 19.5. The largest absolute Gasteiger partial charge is 0.390 e. The van der Waals surface area contributed by atoms with Gasteiger partial charge in [0.2, 0.25) is 5.91 Å². The molecule has 0 aromatic rings. The SMILES string of the molecule is C[C@H](CC/C=C/C(=O)N1CCCC1)OC1O[C@@H](C)C(O)C[C@H]1O. The number of likely N-dealkylation sites (tertiary alicyclic amines) is 1. The second-order valence-electron chi connectivity index (χ2n) is 6.54. The number of rotatable bonds is 6. The lowest BCUT2D eigenvalue weighted by molar-refractivity contribution is -0.273. The molecule has 0 aliphatic carbocycles. The Hall–Kier alpha value is -0.950. The maximum atomic E-state index is 11.8. The number of allylic oxidation sites excluding steroid dienone is 1. The number of amides is 1. The molecule has 6 nitrogen and oxygen atoms in total. The van der Waals surface area contributed by atoms with Gasteiger partial charge in [-0.3, -0.25) is 4.79 Å². The Kier molecular flexibility index (Phi) is 7.02. The molecule has 2 fully saturated rings. The Morgan fingerprint density at radius 2 is 2.04 bits per heavy atom. The first-order valence-electron chi connectivity index (χ1n) is 8.60. The quantitative estimate of drug-likeness (QED) is 0.717. The van der Waals surface area contributed by atoms with E-state index in [0.717, 1.165) is 38.8 Å². The molecular formula is C17H29NO5. The third kappa shape index (κ3) is 5.57. The number of hydrogen-bond acceptors (Lipinski definition) is 5. The van der Waals surface area contributed by atoms with E-state index in [4.69, 9.17) is 9.47 Å². The van der Waals surface area contributed by atoms with E-state index in [0.29, 0.717) is 0 Å². The number of carbonyl (C=O) groups excluding carboxylic acids is 1. The lowest BCUT2D eigenvalue weighted by atomic mass is 10.0. The van der Waals surface area contributed by atoms with Crippen LogP contribution < -0.4 is 0 Å². The minimum atomic E-state index is -0.809. The van der Waals surface area contributed by atoms with Gasteiger partial charge in [0.15, 0.2) is 6.29 Å². The summed E-state index contributed by atoms with van der Waals surface area (Å²) in [5.41, 5.74) is 0. The average molecular weight is 327 g/mol. The van der Waals surface area contributed by atoms with Gasteiger partial charge in [-0.25, -0.2) is 0 Å². The fraction of sp³-hybridized carbons (Fsp3) is 0.824. The minimum Gasteiger partial charge on any atom is -0.390 e. The molecule has 0 saturated carbocycles. The third-order valence-electron chi connectivity index (χ3n) is 4.47. The zero-order valence-electron chi connectivity index (χ0n) is 14.1. The maximum absolute atomic E-state index is 11.8. The molecule has 0 aromatic heterocycles. The van der Waals surface area contributed by atoms with E-state index in [1.165, 1.54) is 0 Å².